The second-order valence-electron chi connectivity index (χ2n) is 10.3. The molecule has 0 radical (unpaired) electrons. The molecule has 0 saturated heterocycles. The number of carboxylic acid groups (broad SMARTS) is 1. The Balaban J connectivity index is 1.75. The fourth-order valence-electron chi connectivity index (χ4n) is 7.97. The zero-order valence-corrected chi connectivity index (χ0v) is 17.2. The third kappa shape index (κ3) is 2.51. The summed E-state index contributed by atoms with van der Waals surface area (Å²) in [6.45, 7) is 5.99. The van der Waals surface area contributed by atoms with Crippen LogP contribution in [0.5, 0.6) is 0 Å². The van der Waals surface area contributed by atoms with Gasteiger partial charge in [-0.25, -0.2) is 0 Å². The highest BCUT2D eigenvalue weighted by atomic mass is 16.4. The summed E-state index contributed by atoms with van der Waals surface area (Å²) in [6, 6.07) is 0. The SMILES string of the molecule is CC(=O)[C@H]1CC[C@H]2[C@@H]3CCC4=CC(=O)CC(O)(CC(=O)O)[C@]4(C)[C@H]3CC[C@]12C. The van der Waals surface area contributed by atoms with E-state index in [1.165, 1.54) is 0 Å². The summed E-state index contributed by atoms with van der Waals surface area (Å²) in [7, 11) is 0. The van der Waals surface area contributed by atoms with Crippen molar-refractivity contribution in [2.24, 2.45) is 34.5 Å². The van der Waals surface area contributed by atoms with Crippen molar-refractivity contribution >= 4 is 17.5 Å². The zero-order chi connectivity index (χ0) is 20.5. The second kappa shape index (κ2) is 6.25. The Hall–Kier alpha value is -1.49. The van der Waals surface area contributed by atoms with Crippen molar-refractivity contribution in [1.29, 1.82) is 0 Å². The predicted molar refractivity (Wildman–Crippen MR) is 103 cm³/mol. The minimum atomic E-state index is -1.53. The van der Waals surface area contributed by atoms with Gasteiger partial charge in [0.25, 0.3) is 0 Å². The van der Waals surface area contributed by atoms with Crippen LogP contribution in [0.2, 0.25) is 0 Å². The maximum absolute atomic E-state index is 12.3. The Bertz CT molecular complexity index is 769. The number of rotatable bonds is 3. The molecule has 4 aliphatic rings. The summed E-state index contributed by atoms with van der Waals surface area (Å²) in [5.74, 6) is 0.161. The quantitative estimate of drug-likeness (QED) is 0.771. The molecule has 0 heterocycles. The number of hydrogen-bond acceptors (Lipinski definition) is 4. The van der Waals surface area contributed by atoms with Crippen LogP contribution in [0.1, 0.15) is 72.1 Å². The van der Waals surface area contributed by atoms with Crippen LogP contribution in [0.25, 0.3) is 0 Å². The highest BCUT2D eigenvalue weighted by Gasteiger charge is 2.65. The molecule has 0 aromatic carbocycles. The maximum Gasteiger partial charge on any atom is 0.306 e. The lowest BCUT2D eigenvalue weighted by Gasteiger charge is -2.62. The predicted octanol–water partition coefficient (Wildman–Crippen LogP) is 3.54. The molecule has 5 heteroatoms. The number of hydrogen-bond donors (Lipinski definition) is 2. The van der Waals surface area contributed by atoms with Crippen LogP contribution >= 0.6 is 0 Å². The molecule has 154 valence electrons. The Labute approximate surface area is 166 Å². The molecule has 5 nitrogen and oxygen atoms in total. The van der Waals surface area contributed by atoms with Gasteiger partial charge in [0, 0.05) is 17.8 Å². The number of carbonyl (C=O) groups is 3. The van der Waals surface area contributed by atoms with Gasteiger partial charge in [-0.15, -0.1) is 0 Å². The van der Waals surface area contributed by atoms with Crippen LogP contribution in [-0.2, 0) is 14.4 Å². The van der Waals surface area contributed by atoms with Crippen LogP contribution in [0.3, 0.4) is 0 Å². The lowest BCUT2D eigenvalue weighted by Crippen LogP contribution is -2.61. The molecule has 4 rings (SSSR count). The van der Waals surface area contributed by atoms with Crippen molar-refractivity contribution in [3.8, 4) is 0 Å². The molecule has 28 heavy (non-hydrogen) atoms. The van der Waals surface area contributed by atoms with E-state index in [4.69, 9.17) is 0 Å². The Morgan fingerprint density at radius 1 is 1.14 bits per heavy atom. The number of ketones is 2. The molecule has 1 unspecified atom stereocenters. The van der Waals surface area contributed by atoms with E-state index in [0.717, 1.165) is 44.1 Å². The van der Waals surface area contributed by atoms with Gasteiger partial charge in [0.2, 0.25) is 0 Å². The second-order valence-corrected chi connectivity index (χ2v) is 10.3. The first-order valence-electron chi connectivity index (χ1n) is 10.7. The molecular weight excluding hydrogens is 356 g/mol. The maximum atomic E-state index is 12.3. The van der Waals surface area contributed by atoms with Crippen molar-refractivity contribution in [3.05, 3.63) is 11.6 Å². The highest BCUT2D eigenvalue weighted by Crippen LogP contribution is 2.68. The third-order valence-electron chi connectivity index (χ3n) is 9.30. The first kappa shape index (κ1) is 19.8. The van der Waals surface area contributed by atoms with Gasteiger partial charge in [0.15, 0.2) is 5.78 Å². The molecular formula is C23H32O5. The first-order chi connectivity index (χ1) is 13.0. The van der Waals surface area contributed by atoms with Crippen LogP contribution in [0.4, 0.5) is 0 Å². The molecule has 0 aromatic heterocycles. The summed E-state index contributed by atoms with van der Waals surface area (Å²) in [5.41, 5.74) is -1.26. The van der Waals surface area contributed by atoms with E-state index in [0.29, 0.717) is 11.8 Å². The lowest BCUT2D eigenvalue weighted by molar-refractivity contribution is -0.173. The van der Waals surface area contributed by atoms with E-state index in [2.05, 4.69) is 6.92 Å². The number of carboxylic acids is 1. The van der Waals surface area contributed by atoms with E-state index in [-0.39, 0.29) is 35.2 Å². The van der Waals surface area contributed by atoms with E-state index in [1.54, 1.807) is 13.0 Å². The van der Waals surface area contributed by atoms with E-state index < -0.39 is 23.4 Å². The summed E-state index contributed by atoms with van der Waals surface area (Å²) >= 11 is 0. The highest BCUT2D eigenvalue weighted by molar-refractivity contribution is 5.93. The van der Waals surface area contributed by atoms with Crippen LogP contribution in [0.15, 0.2) is 11.6 Å². The fraction of sp³-hybridized carbons (Fsp3) is 0.783. The number of Topliss-reactive ketones (excluding diaryl/α,β-unsaturated/α-hetero) is 1. The van der Waals surface area contributed by atoms with Gasteiger partial charge in [0.05, 0.1) is 12.0 Å². The third-order valence-corrected chi connectivity index (χ3v) is 9.30. The van der Waals surface area contributed by atoms with E-state index >= 15 is 0 Å². The van der Waals surface area contributed by atoms with Crippen molar-refractivity contribution in [3.63, 3.8) is 0 Å². The molecule has 0 aromatic rings. The average molecular weight is 389 g/mol. The molecule has 0 aliphatic heterocycles. The van der Waals surface area contributed by atoms with Crippen molar-refractivity contribution in [2.75, 3.05) is 0 Å². The summed E-state index contributed by atoms with van der Waals surface area (Å²) in [4.78, 5) is 36.1. The van der Waals surface area contributed by atoms with Crippen LogP contribution in [0, 0.1) is 34.5 Å². The summed E-state index contributed by atoms with van der Waals surface area (Å²) in [6.07, 6.45) is 6.68. The lowest BCUT2D eigenvalue weighted by atomic mass is 9.43. The number of carbonyl (C=O) groups excluding carboxylic acids is 2. The van der Waals surface area contributed by atoms with Gasteiger partial charge < -0.3 is 10.2 Å². The van der Waals surface area contributed by atoms with Gasteiger partial charge in [-0.1, -0.05) is 19.4 Å². The molecule has 7 atom stereocenters. The topological polar surface area (TPSA) is 91.7 Å². The van der Waals surface area contributed by atoms with Gasteiger partial charge in [-0.2, -0.15) is 0 Å². The van der Waals surface area contributed by atoms with Gasteiger partial charge >= 0.3 is 5.97 Å². The first-order valence-corrected chi connectivity index (χ1v) is 10.7. The summed E-state index contributed by atoms with van der Waals surface area (Å²) < 4.78 is 0. The standard InChI is InChI=1S/C23H32O5/c1-13(24)17-6-7-18-16-5-4-14-10-15(25)11-23(28,12-20(26)27)22(14,3)19(16)8-9-21(17,18)2/h10,16-19,28H,4-9,11-12H2,1-3H3,(H,26,27)/t16-,17+,18-,19-,21+,22-,23?/m0/s1. The molecule has 3 saturated carbocycles. The van der Waals surface area contributed by atoms with Gasteiger partial charge in [-0.3, -0.25) is 14.4 Å². The molecule has 3 fully saturated rings. The van der Waals surface area contributed by atoms with E-state index in [1.807, 2.05) is 6.92 Å². The molecule has 4 aliphatic carbocycles. The zero-order valence-electron chi connectivity index (χ0n) is 17.2. The van der Waals surface area contributed by atoms with Crippen molar-refractivity contribution in [1.82, 2.24) is 0 Å². The van der Waals surface area contributed by atoms with Gasteiger partial charge in [0.1, 0.15) is 5.78 Å². The molecule has 0 bridgehead atoms. The largest absolute Gasteiger partial charge is 0.481 e. The van der Waals surface area contributed by atoms with Crippen LogP contribution < -0.4 is 0 Å². The minimum Gasteiger partial charge on any atom is -0.481 e. The molecule has 0 amide bonds. The Morgan fingerprint density at radius 2 is 1.86 bits per heavy atom. The number of aliphatic hydroxyl groups is 1. The minimum absolute atomic E-state index is 0.0139. The normalized spacial score (nSPS) is 47.6. The van der Waals surface area contributed by atoms with Crippen molar-refractivity contribution in [2.45, 2.75) is 77.7 Å². The molecule has 2 N–H and O–H groups in total. The van der Waals surface area contributed by atoms with Crippen LogP contribution in [-0.4, -0.2) is 33.3 Å². The van der Waals surface area contributed by atoms with E-state index in [9.17, 15) is 24.6 Å². The summed E-state index contributed by atoms with van der Waals surface area (Å²) in [5, 5.41) is 21.0. The fourth-order valence-corrected chi connectivity index (χ4v) is 7.97. The Kier molecular flexibility index (Phi) is 4.42. The van der Waals surface area contributed by atoms with Gasteiger partial charge in [-0.05, 0) is 74.7 Å². The smallest absolute Gasteiger partial charge is 0.306 e. The number of fused-ring (bicyclic) bond motifs is 5. The Morgan fingerprint density at radius 3 is 2.50 bits per heavy atom. The monoisotopic (exact) mass is 388 g/mol. The van der Waals surface area contributed by atoms with Crippen molar-refractivity contribution < 1.29 is 24.6 Å². The number of aliphatic carboxylic acids is 1. The average Bonchev–Trinajstić information content (AvgIpc) is 2.93. The molecule has 0 spiro atoms.